The van der Waals surface area contributed by atoms with E-state index in [1.807, 2.05) is 0 Å². The Hall–Kier alpha value is -2.27. The van der Waals surface area contributed by atoms with Gasteiger partial charge in [0.15, 0.2) is 0 Å². The van der Waals surface area contributed by atoms with E-state index >= 15 is 0 Å². The molecular weight excluding hydrogens is 426 g/mol. The quantitative estimate of drug-likeness (QED) is 0.606. The zero-order chi connectivity index (χ0) is 22.5. The third kappa shape index (κ3) is 5.66. The van der Waals surface area contributed by atoms with Crippen LogP contribution in [0.15, 0.2) is 58.3 Å². The molecular formula is C20H27N3O5S2. The number of rotatable bonds is 9. The van der Waals surface area contributed by atoms with Gasteiger partial charge in [0.25, 0.3) is 5.91 Å². The number of hydrogen-bond acceptors (Lipinski definition) is 5. The highest BCUT2D eigenvalue weighted by Gasteiger charge is 2.21. The topological polar surface area (TPSA) is 113 Å². The van der Waals surface area contributed by atoms with Crippen molar-refractivity contribution in [1.82, 2.24) is 9.03 Å². The van der Waals surface area contributed by atoms with Crippen molar-refractivity contribution >= 4 is 31.6 Å². The molecule has 0 atom stereocenters. The fraction of sp³-hybridized carbons (Fsp3) is 0.350. The highest BCUT2D eigenvalue weighted by molar-refractivity contribution is 7.89. The van der Waals surface area contributed by atoms with Gasteiger partial charge in [0.2, 0.25) is 20.0 Å². The Labute approximate surface area is 178 Å². The number of nitrogens with one attached hydrogen (secondary N) is 2. The maximum atomic E-state index is 12.5. The molecule has 0 fully saturated rings. The average Bonchev–Trinajstić information content (AvgIpc) is 2.68. The minimum Gasteiger partial charge on any atom is -0.322 e. The predicted molar refractivity (Wildman–Crippen MR) is 116 cm³/mol. The van der Waals surface area contributed by atoms with Gasteiger partial charge in [-0.2, -0.15) is 4.31 Å². The van der Waals surface area contributed by atoms with Crippen molar-refractivity contribution in [2.75, 3.05) is 18.4 Å². The molecule has 0 aromatic heterocycles. The van der Waals surface area contributed by atoms with Crippen molar-refractivity contribution < 1.29 is 21.6 Å². The molecule has 0 heterocycles. The number of carbonyl (C=O) groups excluding carboxylic acids is 1. The highest BCUT2D eigenvalue weighted by atomic mass is 32.2. The van der Waals surface area contributed by atoms with Gasteiger partial charge in [0.05, 0.1) is 9.79 Å². The van der Waals surface area contributed by atoms with E-state index in [0.29, 0.717) is 18.8 Å². The summed E-state index contributed by atoms with van der Waals surface area (Å²) in [6.07, 6.45) is 0. The smallest absolute Gasteiger partial charge is 0.255 e. The number of hydrogen-bond donors (Lipinski definition) is 2. The number of anilines is 1. The van der Waals surface area contributed by atoms with Gasteiger partial charge < -0.3 is 5.32 Å². The molecule has 164 valence electrons. The number of amides is 1. The molecule has 10 heteroatoms. The van der Waals surface area contributed by atoms with Crippen LogP contribution in [0.4, 0.5) is 5.69 Å². The Morgan fingerprint density at radius 1 is 0.867 bits per heavy atom. The third-order valence-corrected chi connectivity index (χ3v) is 8.01. The summed E-state index contributed by atoms with van der Waals surface area (Å²) in [5.74, 6) is -0.435. The first-order valence-electron chi connectivity index (χ1n) is 9.55. The first-order valence-corrected chi connectivity index (χ1v) is 12.5. The maximum Gasteiger partial charge on any atom is 0.255 e. The van der Waals surface area contributed by atoms with Crippen molar-refractivity contribution in [3.8, 4) is 0 Å². The van der Waals surface area contributed by atoms with Crippen LogP contribution in [0.2, 0.25) is 0 Å². The Morgan fingerprint density at radius 2 is 1.37 bits per heavy atom. The summed E-state index contributed by atoms with van der Waals surface area (Å²) in [6, 6.07) is 11.2. The van der Waals surface area contributed by atoms with E-state index in [-0.39, 0.29) is 21.4 Å². The van der Waals surface area contributed by atoms with Gasteiger partial charge in [-0.3, -0.25) is 4.79 Å². The van der Waals surface area contributed by atoms with Crippen LogP contribution in [0.5, 0.6) is 0 Å². The lowest BCUT2D eigenvalue weighted by atomic mass is 10.2. The van der Waals surface area contributed by atoms with Crippen LogP contribution >= 0.6 is 0 Å². The van der Waals surface area contributed by atoms with Gasteiger partial charge in [-0.15, -0.1) is 0 Å². The summed E-state index contributed by atoms with van der Waals surface area (Å²) in [4.78, 5) is 12.7. The molecule has 1 amide bonds. The molecule has 2 aromatic rings. The molecule has 30 heavy (non-hydrogen) atoms. The highest BCUT2D eigenvalue weighted by Crippen LogP contribution is 2.19. The molecule has 0 spiro atoms. The number of carbonyl (C=O) groups is 1. The Kier molecular flexibility index (Phi) is 7.75. The number of nitrogens with zero attached hydrogens (tertiary/aromatic N) is 1. The zero-order valence-corrected chi connectivity index (χ0v) is 19.0. The van der Waals surface area contributed by atoms with E-state index in [2.05, 4.69) is 10.0 Å². The average molecular weight is 454 g/mol. The van der Waals surface area contributed by atoms with Crippen LogP contribution in [0.25, 0.3) is 0 Å². The second kappa shape index (κ2) is 9.69. The summed E-state index contributed by atoms with van der Waals surface area (Å²) < 4.78 is 53.2. The zero-order valence-electron chi connectivity index (χ0n) is 17.4. The summed E-state index contributed by atoms with van der Waals surface area (Å²) in [6.45, 7) is 7.72. The van der Waals surface area contributed by atoms with E-state index in [1.165, 1.54) is 52.8 Å². The van der Waals surface area contributed by atoms with Crippen LogP contribution < -0.4 is 10.0 Å². The SMILES string of the molecule is CCN(CC)S(=O)(=O)c1ccc(NC(=O)c2ccc(S(=O)(=O)NC(C)C)cc2)cc1. The molecule has 0 radical (unpaired) electrons. The Balaban J connectivity index is 2.13. The summed E-state index contributed by atoms with van der Waals surface area (Å²) in [5.41, 5.74) is 0.704. The van der Waals surface area contributed by atoms with Gasteiger partial charge in [0.1, 0.15) is 0 Å². The van der Waals surface area contributed by atoms with Crippen LogP contribution in [-0.4, -0.2) is 46.2 Å². The largest absolute Gasteiger partial charge is 0.322 e. The maximum absolute atomic E-state index is 12.5. The lowest BCUT2D eigenvalue weighted by Gasteiger charge is -2.18. The van der Waals surface area contributed by atoms with Gasteiger partial charge >= 0.3 is 0 Å². The lowest BCUT2D eigenvalue weighted by Crippen LogP contribution is -2.30. The predicted octanol–water partition coefficient (Wildman–Crippen LogP) is 2.66. The fourth-order valence-electron chi connectivity index (χ4n) is 2.79. The molecule has 0 unspecified atom stereocenters. The van der Waals surface area contributed by atoms with Crippen molar-refractivity contribution in [3.63, 3.8) is 0 Å². The lowest BCUT2D eigenvalue weighted by molar-refractivity contribution is 0.102. The fourth-order valence-corrected chi connectivity index (χ4v) is 5.50. The normalized spacial score (nSPS) is 12.3. The number of sulfonamides is 2. The van der Waals surface area contributed by atoms with E-state index in [0.717, 1.165) is 0 Å². The summed E-state index contributed by atoms with van der Waals surface area (Å²) >= 11 is 0. The molecule has 0 aliphatic carbocycles. The molecule has 0 aliphatic rings. The molecule has 0 saturated carbocycles. The molecule has 0 aliphatic heterocycles. The molecule has 0 bridgehead atoms. The van der Waals surface area contributed by atoms with Crippen molar-refractivity contribution in [2.45, 2.75) is 43.5 Å². The molecule has 2 N–H and O–H groups in total. The van der Waals surface area contributed by atoms with Crippen LogP contribution in [0.3, 0.4) is 0 Å². The first kappa shape index (κ1) is 24.0. The van der Waals surface area contributed by atoms with Crippen molar-refractivity contribution in [2.24, 2.45) is 0 Å². The second-order valence-electron chi connectivity index (χ2n) is 6.87. The van der Waals surface area contributed by atoms with E-state index in [9.17, 15) is 21.6 Å². The summed E-state index contributed by atoms with van der Waals surface area (Å²) in [7, 11) is -7.20. The third-order valence-electron chi connectivity index (χ3n) is 4.27. The van der Waals surface area contributed by atoms with E-state index in [4.69, 9.17) is 0 Å². The first-order chi connectivity index (χ1) is 14.0. The van der Waals surface area contributed by atoms with Crippen LogP contribution in [-0.2, 0) is 20.0 Å². The standard InChI is InChI=1S/C20H27N3O5S2/c1-5-23(6-2)30(27,28)19-13-9-17(10-14-19)21-20(24)16-7-11-18(12-8-16)29(25,26)22-15(3)4/h7-15,22H,5-6H2,1-4H3,(H,21,24). The minimum atomic E-state index is -3.63. The second-order valence-corrected chi connectivity index (χ2v) is 10.5. The van der Waals surface area contributed by atoms with Crippen molar-refractivity contribution in [1.29, 1.82) is 0 Å². The number of benzene rings is 2. The molecule has 0 saturated heterocycles. The molecule has 2 aromatic carbocycles. The Morgan fingerprint density at radius 3 is 1.83 bits per heavy atom. The Bertz CT molecular complexity index is 1070. The minimum absolute atomic E-state index is 0.0683. The monoisotopic (exact) mass is 453 g/mol. The van der Waals surface area contributed by atoms with E-state index in [1.54, 1.807) is 27.7 Å². The van der Waals surface area contributed by atoms with Crippen LogP contribution in [0, 0.1) is 0 Å². The van der Waals surface area contributed by atoms with Gasteiger partial charge in [-0.25, -0.2) is 21.6 Å². The summed E-state index contributed by atoms with van der Waals surface area (Å²) in [5, 5.41) is 2.67. The van der Waals surface area contributed by atoms with Gasteiger partial charge in [-0.05, 0) is 62.4 Å². The van der Waals surface area contributed by atoms with Gasteiger partial charge in [0, 0.05) is 30.4 Å². The van der Waals surface area contributed by atoms with Gasteiger partial charge in [-0.1, -0.05) is 13.8 Å². The van der Waals surface area contributed by atoms with Crippen LogP contribution in [0.1, 0.15) is 38.1 Å². The molecule has 2 rings (SSSR count). The van der Waals surface area contributed by atoms with Crippen molar-refractivity contribution in [3.05, 3.63) is 54.1 Å². The molecule has 8 nitrogen and oxygen atoms in total. The van der Waals surface area contributed by atoms with E-state index < -0.39 is 26.0 Å².